The van der Waals surface area contributed by atoms with Gasteiger partial charge in [-0.2, -0.15) is 0 Å². The van der Waals surface area contributed by atoms with E-state index in [-0.39, 0.29) is 31.6 Å². The predicted octanol–water partition coefficient (Wildman–Crippen LogP) is 1.24. The Morgan fingerprint density at radius 2 is 1.68 bits per heavy atom. The van der Waals surface area contributed by atoms with Gasteiger partial charge in [0, 0.05) is 6.92 Å². The molecule has 0 heterocycles. The summed E-state index contributed by atoms with van der Waals surface area (Å²) in [5.74, 6) is -0.622. The van der Waals surface area contributed by atoms with E-state index < -0.39 is 11.9 Å². The van der Waals surface area contributed by atoms with Crippen LogP contribution in [0.2, 0.25) is 0 Å². The van der Waals surface area contributed by atoms with Crippen LogP contribution >= 0.6 is 0 Å². The molecule has 1 saturated carbocycles. The van der Waals surface area contributed by atoms with Crippen molar-refractivity contribution >= 4 is 17.8 Å². The molecule has 0 bridgehead atoms. The molecule has 6 nitrogen and oxygen atoms in total. The fourth-order valence-electron chi connectivity index (χ4n) is 1.95. The number of Topliss-reactive ketones (excluding diaryl/α,β-unsaturated/α-hetero) is 1. The molecule has 0 aromatic heterocycles. The van der Waals surface area contributed by atoms with Crippen LogP contribution in [0.1, 0.15) is 32.1 Å². The molecule has 1 N–H and O–H groups in total. The molecule has 0 aromatic rings. The van der Waals surface area contributed by atoms with Crippen LogP contribution in [0.25, 0.3) is 0 Å². The Kier molecular flexibility index (Phi) is 6.92. The molecule has 19 heavy (non-hydrogen) atoms. The van der Waals surface area contributed by atoms with Crippen LogP contribution in [-0.4, -0.2) is 37.6 Å². The van der Waals surface area contributed by atoms with E-state index in [4.69, 9.17) is 9.47 Å². The molecule has 107 valence electrons. The van der Waals surface area contributed by atoms with Gasteiger partial charge < -0.3 is 14.8 Å². The van der Waals surface area contributed by atoms with Gasteiger partial charge in [0.1, 0.15) is 13.2 Å². The van der Waals surface area contributed by atoms with Crippen molar-refractivity contribution in [3.05, 3.63) is 6.92 Å². The molecule has 1 amide bonds. The van der Waals surface area contributed by atoms with E-state index in [1.807, 2.05) is 0 Å². The number of ether oxygens (including phenoxy) is 2. The highest BCUT2D eigenvalue weighted by Gasteiger charge is 2.22. The van der Waals surface area contributed by atoms with Gasteiger partial charge in [0.05, 0.1) is 12.5 Å². The van der Waals surface area contributed by atoms with E-state index in [1.165, 1.54) is 6.42 Å². The molecule has 0 unspecified atom stereocenters. The van der Waals surface area contributed by atoms with Crippen LogP contribution in [0.3, 0.4) is 0 Å². The minimum Gasteiger partial charge on any atom is -0.462 e. The lowest BCUT2D eigenvalue weighted by molar-refractivity contribution is -0.150. The lowest BCUT2D eigenvalue weighted by Gasteiger charge is -2.19. The van der Waals surface area contributed by atoms with Crippen molar-refractivity contribution in [2.75, 3.05) is 19.8 Å². The van der Waals surface area contributed by atoms with Gasteiger partial charge >= 0.3 is 12.1 Å². The molecule has 0 atom stereocenters. The van der Waals surface area contributed by atoms with Gasteiger partial charge in [-0.1, -0.05) is 19.3 Å². The number of carbonyl (C=O) groups is 3. The van der Waals surface area contributed by atoms with Crippen molar-refractivity contribution in [2.45, 2.75) is 32.1 Å². The largest absolute Gasteiger partial charge is 0.462 e. The Bertz CT molecular complexity index is 323. The van der Waals surface area contributed by atoms with Gasteiger partial charge in [-0.3, -0.25) is 9.59 Å². The number of amides is 1. The maximum absolute atomic E-state index is 11.6. The fourth-order valence-corrected chi connectivity index (χ4v) is 1.95. The smallest absolute Gasteiger partial charge is 0.407 e. The number of rotatable bonds is 6. The van der Waals surface area contributed by atoms with Crippen LogP contribution in [0, 0.1) is 12.8 Å². The third kappa shape index (κ3) is 6.79. The Hall–Kier alpha value is -1.59. The Balaban J connectivity index is 2.04. The van der Waals surface area contributed by atoms with Crippen LogP contribution in [0.5, 0.6) is 0 Å². The zero-order valence-corrected chi connectivity index (χ0v) is 11.0. The van der Waals surface area contributed by atoms with Gasteiger partial charge in [-0.15, -0.1) is 0 Å². The molecule has 0 aromatic carbocycles. The zero-order valence-electron chi connectivity index (χ0n) is 11.0. The second kappa shape index (κ2) is 8.50. The topological polar surface area (TPSA) is 81.7 Å². The monoisotopic (exact) mass is 270 g/mol. The molecule has 0 spiro atoms. The van der Waals surface area contributed by atoms with E-state index in [0.29, 0.717) is 0 Å². The van der Waals surface area contributed by atoms with Gasteiger partial charge in [0.25, 0.3) is 0 Å². The highest BCUT2D eigenvalue weighted by molar-refractivity contribution is 5.87. The molecule has 6 heteroatoms. The standard InChI is InChI=1S/C13H20NO5/c1-10(15)9-14-13(17)19-8-7-18-12(16)11-5-3-2-4-6-11/h11H,1-9H2,(H,14,17). The summed E-state index contributed by atoms with van der Waals surface area (Å²) in [5, 5.41) is 2.22. The first kappa shape index (κ1) is 15.5. The normalized spacial score (nSPS) is 15.6. The number of esters is 1. The van der Waals surface area contributed by atoms with Crippen molar-refractivity contribution in [3.8, 4) is 0 Å². The highest BCUT2D eigenvalue weighted by atomic mass is 16.6. The third-order valence-corrected chi connectivity index (χ3v) is 2.93. The van der Waals surface area contributed by atoms with Crippen molar-refractivity contribution in [3.63, 3.8) is 0 Å². The summed E-state index contributed by atoms with van der Waals surface area (Å²) in [6.45, 7) is 2.96. The average Bonchev–Trinajstić information content (AvgIpc) is 2.42. The van der Waals surface area contributed by atoms with Crippen molar-refractivity contribution in [1.29, 1.82) is 0 Å². The number of nitrogens with one attached hydrogen (secondary N) is 1. The van der Waals surface area contributed by atoms with Crippen LogP contribution in [0.4, 0.5) is 4.79 Å². The second-order valence-corrected chi connectivity index (χ2v) is 4.53. The van der Waals surface area contributed by atoms with E-state index in [1.54, 1.807) is 0 Å². The summed E-state index contributed by atoms with van der Waals surface area (Å²) >= 11 is 0. The van der Waals surface area contributed by atoms with E-state index in [0.717, 1.165) is 25.7 Å². The van der Waals surface area contributed by atoms with Crippen molar-refractivity contribution < 1.29 is 23.9 Å². The second-order valence-electron chi connectivity index (χ2n) is 4.53. The molecule has 1 radical (unpaired) electrons. The summed E-state index contributed by atoms with van der Waals surface area (Å²) in [4.78, 5) is 33.2. The molecule has 1 aliphatic rings. The van der Waals surface area contributed by atoms with E-state index in [2.05, 4.69) is 12.2 Å². The predicted molar refractivity (Wildman–Crippen MR) is 67.2 cm³/mol. The van der Waals surface area contributed by atoms with Gasteiger partial charge in [-0.25, -0.2) is 4.79 Å². The first-order valence-corrected chi connectivity index (χ1v) is 6.51. The van der Waals surface area contributed by atoms with Gasteiger partial charge in [-0.05, 0) is 12.8 Å². The Morgan fingerprint density at radius 1 is 1.05 bits per heavy atom. The Morgan fingerprint density at radius 3 is 2.32 bits per heavy atom. The van der Waals surface area contributed by atoms with E-state index in [9.17, 15) is 14.4 Å². The first-order chi connectivity index (χ1) is 9.09. The molecule has 1 rings (SSSR count). The van der Waals surface area contributed by atoms with Crippen LogP contribution in [0.15, 0.2) is 0 Å². The number of alkyl carbamates (subject to hydrolysis) is 1. The van der Waals surface area contributed by atoms with E-state index >= 15 is 0 Å². The number of ketones is 1. The van der Waals surface area contributed by atoms with Gasteiger partial charge in [0.15, 0.2) is 5.78 Å². The number of hydrogen-bond donors (Lipinski definition) is 1. The lowest BCUT2D eigenvalue weighted by Crippen LogP contribution is -2.30. The lowest BCUT2D eigenvalue weighted by atomic mass is 9.89. The summed E-state index contributed by atoms with van der Waals surface area (Å²) < 4.78 is 9.76. The molecular formula is C13H20NO5. The Labute approximate surface area is 112 Å². The minimum absolute atomic E-state index is 0.00800. The highest BCUT2D eigenvalue weighted by Crippen LogP contribution is 2.24. The summed E-state index contributed by atoms with van der Waals surface area (Å²) in [6, 6.07) is 0. The van der Waals surface area contributed by atoms with Crippen LogP contribution < -0.4 is 5.32 Å². The van der Waals surface area contributed by atoms with Crippen molar-refractivity contribution in [1.82, 2.24) is 5.32 Å². The minimum atomic E-state index is -0.717. The summed E-state index contributed by atoms with van der Waals surface area (Å²) in [7, 11) is 0. The first-order valence-electron chi connectivity index (χ1n) is 6.51. The summed E-state index contributed by atoms with van der Waals surface area (Å²) in [5.41, 5.74) is 0. The molecular weight excluding hydrogens is 250 g/mol. The van der Waals surface area contributed by atoms with Crippen LogP contribution in [-0.2, 0) is 19.1 Å². The average molecular weight is 270 g/mol. The summed E-state index contributed by atoms with van der Waals surface area (Å²) in [6.07, 6.45) is 4.36. The molecule has 1 fully saturated rings. The molecule has 0 aliphatic heterocycles. The van der Waals surface area contributed by atoms with Gasteiger partial charge in [0.2, 0.25) is 0 Å². The fraction of sp³-hybridized carbons (Fsp3) is 0.692. The zero-order chi connectivity index (χ0) is 14.1. The number of hydrogen-bond acceptors (Lipinski definition) is 5. The SMILES string of the molecule is [CH2]C(=O)CNC(=O)OCCOC(=O)C1CCCCC1. The third-order valence-electron chi connectivity index (χ3n) is 2.93. The maximum atomic E-state index is 11.6. The maximum Gasteiger partial charge on any atom is 0.407 e. The molecule has 1 aliphatic carbocycles. The quantitative estimate of drug-likeness (QED) is 0.580. The number of carbonyl (C=O) groups excluding carboxylic acids is 3. The van der Waals surface area contributed by atoms with Crippen molar-refractivity contribution in [2.24, 2.45) is 5.92 Å². The molecule has 0 saturated heterocycles.